The number of aryl methyl sites for hydroxylation is 1. The van der Waals surface area contributed by atoms with Gasteiger partial charge in [0.25, 0.3) is 0 Å². The van der Waals surface area contributed by atoms with Gasteiger partial charge in [-0.25, -0.2) is 4.79 Å². The number of furan rings is 1. The maximum Gasteiger partial charge on any atom is 0.315 e. The van der Waals surface area contributed by atoms with E-state index < -0.39 is 0 Å². The van der Waals surface area contributed by atoms with Gasteiger partial charge in [0.05, 0.1) is 18.8 Å². The van der Waals surface area contributed by atoms with Crippen LogP contribution in [0.2, 0.25) is 0 Å². The number of rotatable bonds is 7. The Labute approximate surface area is 147 Å². The molecule has 0 radical (unpaired) electrons. The molecule has 0 saturated carbocycles. The van der Waals surface area contributed by atoms with Crippen LogP contribution in [0.15, 0.2) is 34.9 Å². The van der Waals surface area contributed by atoms with Crippen molar-refractivity contribution < 1.29 is 9.21 Å². The number of thiophene rings is 1. The number of amides is 2. The lowest BCUT2D eigenvalue weighted by atomic mass is 10.2. The molecular weight excluding hydrogens is 322 g/mol. The van der Waals surface area contributed by atoms with Crippen molar-refractivity contribution in [3.8, 4) is 0 Å². The SMILES string of the molecule is CCc1ccc(CNC(=O)NCC(c2ccco2)N2CCCC2)s1. The summed E-state index contributed by atoms with van der Waals surface area (Å²) in [7, 11) is 0. The van der Waals surface area contributed by atoms with Gasteiger partial charge >= 0.3 is 6.03 Å². The van der Waals surface area contributed by atoms with Crippen molar-refractivity contribution >= 4 is 17.4 Å². The van der Waals surface area contributed by atoms with Crippen molar-refractivity contribution in [1.82, 2.24) is 15.5 Å². The fraction of sp³-hybridized carbons (Fsp3) is 0.500. The molecule has 2 amide bonds. The summed E-state index contributed by atoms with van der Waals surface area (Å²) in [5.41, 5.74) is 0. The highest BCUT2D eigenvalue weighted by Crippen LogP contribution is 2.24. The Morgan fingerprint density at radius 3 is 2.71 bits per heavy atom. The van der Waals surface area contributed by atoms with E-state index in [9.17, 15) is 4.79 Å². The first-order valence-corrected chi connectivity index (χ1v) is 9.44. The summed E-state index contributed by atoms with van der Waals surface area (Å²) in [6.07, 6.45) is 5.15. The Hall–Kier alpha value is -1.79. The Morgan fingerprint density at radius 1 is 1.25 bits per heavy atom. The lowest BCUT2D eigenvalue weighted by Crippen LogP contribution is -2.41. The first-order valence-electron chi connectivity index (χ1n) is 8.63. The third-order valence-corrected chi connectivity index (χ3v) is 5.63. The van der Waals surface area contributed by atoms with Crippen molar-refractivity contribution in [2.75, 3.05) is 19.6 Å². The third-order valence-electron chi connectivity index (χ3n) is 4.40. The van der Waals surface area contributed by atoms with E-state index in [2.05, 4.69) is 34.6 Å². The van der Waals surface area contributed by atoms with Gasteiger partial charge in [0.1, 0.15) is 5.76 Å². The second kappa shape index (κ2) is 8.35. The number of hydrogen-bond acceptors (Lipinski definition) is 4. The molecule has 3 heterocycles. The second-order valence-corrected chi connectivity index (χ2v) is 7.31. The van der Waals surface area contributed by atoms with Gasteiger partial charge in [0, 0.05) is 16.3 Å². The van der Waals surface area contributed by atoms with E-state index in [0.717, 1.165) is 25.3 Å². The molecule has 1 atom stereocenters. The summed E-state index contributed by atoms with van der Waals surface area (Å²) in [6, 6.07) is 8.08. The van der Waals surface area contributed by atoms with Crippen LogP contribution in [-0.4, -0.2) is 30.6 Å². The number of hydrogen-bond donors (Lipinski definition) is 2. The fourth-order valence-corrected chi connectivity index (χ4v) is 3.97. The standard InChI is InChI=1S/C18H25N3O2S/c1-2-14-7-8-15(24-14)12-19-18(22)20-13-16(17-6-5-11-23-17)21-9-3-4-10-21/h5-8,11,16H,2-4,9-10,12-13H2,1H3,(H2,19,20,22). The molecule has 1 unspecified atom stereocenters. The van der Waals surface area contributed by atoms with Crippen LogP contribution in [-0.2, 0) is 13.0 Å². The molecule has 1 saturated heterocycles. The predicted octanol–water partition coefficient (Wildman–Crippen LogP) is 3.54. The molecule has 0 bridgehead atoms. The van der Waals surface area contributed by atoms with Gasteiger partial charge in [-0.05, 0) is 56.6 Å². The Kier molecular flexibility index (Phi) is 5.93. The number of carbonyl (C=O) groups excluding carboxylic acids is 1. The van der Waals surface area contributed by atoms with Crippen molar-refractivity contribution in [2.24, 2.45) is 0 Å². The number of likely N-dealkylation sites (tertiary alicyclic amines) is 1. The molecule has 1 aliphatic heterocycles. The molecule has 24 heavy (non-hydrogen) atoms. The normalized spacial score (nSPS) is 16.2. The van der Waals surface area contributed by atoms with Crippen molar-refractivity contribution in [1.29, 1.82) is 0 Å². The van der Waals surface area contributed by atoms with Crippen LogP contribution in [0.5, 0.6) is 0 Å². The molecule has 0 spiro atoms. The minimum Gasteiger partial charge on any atom is -0.468 e. The Balaban J connectivity index is 1.49. The quantitative estimate of drug-likeness (QED) is 0.805. The monoisotopic (exact) mass is 347 g/mol. The lowest BCUT2D eigenvalue weighted by Gasteiger charge is -2.26. The van der Waals surface area contributed by atoms with E-state index in [1.54, 1.807) is 17.6 Å². The van der Waals surface area contributed by atoms with Gasteiger partial charge in [-0.2, -0.15) is 0 Å². The highest BCUT2D eigenvalue weighted by molar-refractivity contribution is 7.11. The highest BCUT2D eigenvalue weighted by Gasteiger charge is 2.25. The van der Waals surface area contributed by atoms with Gasteiger partial charge in [0.2, 0.25) is 0 Å². The van der Waals surface area contributed by atoms with E-state index in [0.29, 0.717) is 13.1 Å². The summed E-state index contributed by atoms with van der Waals surface area (Å²) in [4.78, 5) is 17.0. The van der Waals surface area contributed by atoms with Crippen LogP contribution in [0.3, 0.4) is 0 Å². The summed E-state index contributed by atoms with van der Waals surface area (Å²) >= 11 is 1.75. The molecular formula is C18H25N3O2S. The van der Waals surface area contributed by atoms with Crippen LogP contribution in [0.25, 0.3) is 0 Å². The Bertz CT molecular complexity index is 632. The fourth-order valence-electron chi connectivity index (χ4n) is 3.07. The van der Waals surface area contributed by atoms with E-state index in [1.165, 1.54) is 22.6 Å². The summed E-state index contributed by atoms with van der Waals surface area (Å²) < 4.78 is 5.57. The third kappa shape index (κ3) is 4.39. The molecule has 2 aromatic heterocycles. The van der Waals surface area contributed by atoms with Crippen LogP contribution in [0.4, 0.5) is 4.79 Å². The molecule has 3 rings (SSSR count). The first kappa shape index (κ1) is 17.0. The van der Waals surface area contributed by atoms with Gasteiger partial charge in [0.15, 0.2) is 0 Å². The highest BCUT2D eigenvalue weighted by atomic mass is 32.1. The zero-order valence-electron chi connectivity index (χ0n) is 14.1. The van der Waals surface area contributed by atoms with Crippen molar-refractivity contribution in [3.63, 3.8) is 0 Å². The molecule has 2 aromatic rings. The maximum absolute atomic E-state index is 12.1. The summed E-state index contributed by atoms with van der Waals surface area (Å²) in [6.45, 7) is 5.39. The zero-order chi connectivity index (χ0) is 16.8. The number of urea groups is 1. The summed E-state index contributed by atoms with van der Waals surface area (Å²) in [5.74, 6) is 0.919. The average Bonchev–Trinajstić information content (AvgIpc) is 3.34. The topological polar surface area (TPSA) is 57.5 Å². The van der Waals surface area contributed by atoms with Crippen molar-refractivity contribution in [2.45, 2.75) is 38.8 Å². The number of nitrogens with zero attached hydrogens (tertiary/aromatic N) is 1. The second-order valence-electron chi connectivity index (χ2n) is 6.06. The van der Waals surface area contributed by atoms with E-state index in [4.69, 9.17) is 4.42 Å². The van der Waals surface area contributed by atoms with Crippen LogP contribution >= 0.6 is 11.3 Å². The summed E-state index contributed by atoms with van der Waals surface area (Å²) in [5, 5.41) is 5.93. The average molecular weight is 347 g/mol. The Morgan fingerprint density at radius 2 is 2.04 bits per heavy atom. The number of nitrogens with one attached hydrogen (secondary N) is 2. The molecule has 2 N–H and O–H groups in total. The van der Waals surface area contributed by atoms with Gasteiger partial charge in [-0.1, -0.05) is 6.92 Å². The minimum absolute atomic E-state index is 0.113. The lowest BCUT2D eigenvalue weighted by molar-refractivity contribution is 0.203. The maximum atomic E-state index is 12.1. The largest absolute Gasteiger partial charge is 0.468 e. The van der Waals surface area contributed by atoms with Crippen LogP contribution in [0, 0.1) is 0 Å². The minimum atomic E-state index is -0.128. The van der Waals surface area contributed by atoms with Gasteiger partial charge in [-0.3, -0.25) is 4.90 Å². The van der Waals surface area contributed by atoms with Crippen molar-refractivity contribution in [3.05, 3.63) is 46.0 Å². The number of carbonyl (C=O) groups is 1. The molecule has 0 aromatic carbocycles. The van der Waals surface area contributed by atoms with Crippen LogP contribution < -0.4 is 10.6 Å². The van der Waals surface area contributed by atoms with E-state index in [1.807, 2.05) is 12.1 Å². The van der Waals surface area contributed by atoms with E-state index in [-0.39, 0.29) is 12.1 Å². The van der Waals surface area contributed by atoms with E-state index >= 15 is 0 Å². The molecule has 130 valence electrons. The van der Waals surface area contributed by atoms with Gasteiger partial charge in [-0.15, -0.1) is 11.3 Å². The molecule has 5 nitrogen and oxygen atoms in total. The molecule has 6 heteroatoms. The predicted molar refractivity (Wildman–Crippen MR) is 96.2 cm³/mol. The molecule has 1 aliphatic rings. The molecule has 0 aliphatic carbocycles. The van der Waals surface area contributed by atoms with Gasteiger partial charge < -0.3 is 15.1 Å². The smallest absolute Gasteiger partial charge is 0.315 e. The zero-order valence-corrected chi connectivity index (χ0v) is 14.9. The molecule has 1 fully saturated rings. The first-order chi connectivity index (χ1) is 11.8. The van der Waals surface area contributed by atoms with Crippen LogP contribution in [0.1, 0.15) is 41.3 Å².